The van der Waals surface area contributed by atoms with Gasteiger partial charge in [-0.25, -0.2) is 0 Å². The molecule has 0 spiro atoms. The van der Waals surface area contributed by atoms with E-state index in [2.05, 4.69) is 5.32 Å². The molecule has 3 N–H and O–H groups in total. The molecule has 4 nitrogen and oxygen atoms in total. The molecule has 0 saturated heterocycles. The molecule has 0 bridgehead atoms. The monoisotopic (exact) mass is 302 g/mol. The maximum absolute atomic E-state index is 12.3. The number of carbonyl (C=O) groups excluding carboxylic acids is 1. The molecule has 2 aromatic rings. The smallest absolute Gasteiger partial charge is 0.237 e. The summed E-state index contributed by atoms with van der Waals surface area (Å²) in [6.45, 7) is 3.79. The second kappa shape index (κ2) is 6.54. The van der Waals surface area contributed by atoms with Crippen molar-refractivity contribution in [2.24, 2.45) is 0 Å². The summed E-state index contributed by atoms with van der Waals surface area (Å²) in [5.74, 6) is -0.339. The molecule has 0 aromatic heterocycles. The van der Waals surface area contributed by atoms with Gasteiger partial charge in [0.1, 0.15) is 5.75 Å². The highest BCUT2D eigenvalue weighted by Crippen LogP contribution is 2.17. The third kappa shape index (κ3) is 4.16. The second-order valence-electron chi connectivity index (χ2n) is 4.93. The molecule has 2 aromatic carbocycles. The van der Waals surface area contributed by atoms with E-state index >= 15 is 0 Å². The van der Waals surface area contributed by atoms with Gasteiger partial charge in [0, 0.05) is 16.3 Å². The molecular weight excluding hydrogens is 284 g/mol. The fourth-order valence-corrected chi connectivity index (χ4v) is 3.15. The molecule has 1 atom stereocenters. The van der Waals surface area contributed by atoms with Gasteiger partial charge in [-0.15, -0.1) is 0 Å². The third-order valence-corrected chi connectivity index (χ3v) is 4.48. The molecule has 0 aliphatic carbocycles. The Bertz CT molecular complexity index is 698. The van der Waals surface area contributed by atoms with Crippen LogP contribution in [0.1, 0.15) is 11.1 Å². The summed E-state index contributed by atoms with van der Waals surface area (Å²) in [7, 11) is -1.38. The highest BCUT2D eigenvalue weighted by atomic mass is 32.2. The minimum atomic E-state index is -1.38. The lowest BCUT2D eigenvalue weighted by atomic mass is 10.2. The number of nitrogens with two attached hydrogens (primary N) is 1. The zero-order chi connectivity index (χ0) is 15.4. The first-order chi connectivity index (χ1) is 9.95. The number of rotatable bonds is 4. The molecule has 110 valence electrons. The van der Waals surface area contributed by atoms with Gasteiger partial charge in [-0.2, -0.15) is 0 Å². The Morgan fingerprint density at radius 1 is 1.19 bits per heavy atom. The van der Waals surface area contributed by atoms with Crippen molar-refractivity contribution in [1.29, 1.82) is 0 Å². The van der Waals surface area contributed by atoms with E-state index in [4.69, 9.17) is 5.73 Å². The highest BCUT2D eigenvalue weighted by Gasteiger charge is 2.12. The fraction of sp³-hybridized carbons (Fsp3) is 0.188. The van der Waals surface area contributed by atoms with Gasteiger partial charge in [0.2, 0.25) is 5.91 Å². The fourth-order valence-electron chi connectivity index (χ4n) is 2.04. The Hall–Kier alpha value is -2.14. The van der Waals surface area contributed by atoms with E-state index in [1.165, 1.54) is 0 Å². The average molecular weight is 302 g/mol. The minimum Gasteiger partial charge on any atom is -0.399 e. The summed E-state index contributed by atoms with van der Waals surface area (Å²) in [4.78, 5) is 12.6. The number of hydrogen-bond donors (Lipinski definition) is 2. The summed E-state index contributed by atoms with van der Waals surface area (Å²) < 4.78 is 12.3. The van der Waals surface area contributed by atoms with Gasteiger partial charge in [-0.1, -0.05) is 12.1 Å². The number of hydrogen-bond acceptors (Lipinski definition) is 3. The van der Waals surface area contributed by atoms with Crippen LogP contribution in [0.4, 0.5) is 11.4 Å². The molecule has 0 aliphatic heterocycles. The van der Waals surface area contributed by atoms with Crippen molar-refractivity contribution in [2.45, 2.75) is 18.7 Å². The van der Waals surface area contributed by atoms with Crippen molar-refractivity contribution < 1.29 is 9.00 Å². The maximum Gasteiger partial charge on any atom is 0.237 e. The Morgan fingerprint density at radius 3 is 2.62 bits per heavy atom. The summed E-state index contributed by atoms with van der Waals surface area (Å²) >= 11 is 0. The predicted octanol–water partition coefficient (Wildman–Crippen LogP) is 2.63. The molecule has 1 unspecified atom stereocenters. The van der Waals surface area contributed by atoms with Gasteiger partial charge in [0.05, 0.1) is 10.8 Å². The van der Waals surface area contributed by atoms with Gasteiger partial charge in [0.15, 0.2) is 0 Å². The molecule has 0 heterocycles. The Morgan fingerprint density at radius 2 is 1.95 bits per heavy atom. The zero-order valence-corrected chi connectivity index (χ0v) is 12.9. The lowest BCUT2D eigenvalue weighted by Gasteiger charge is -2.08. The van der Waals surface area contributed by atoms with E-state index in [9.17, 15) is 9.00 Å². The summed E-state index contributed by atoms with van der Waals surface area (Å²) in [5.41, 5.74) is 8.89. The number of benzene rings is 2. The predicted molar refractivity (Wildman–Crippen MR) is 86.7 cm³/mol. The molecule has 0 radical (unpaired) electrons. The van der Waals surface area contributed by atoms with Crippen molar-refractivity contribution in [2.75, 3.05) is 16.8 Å². The van der Waals surface area contributed by atoms with Crippen molar-refractivity contribution in [3.8, 4) is 0 Å². The van der Waals surface area contributed by atoms with Crippen LogP contribution >= 0.6 is 0 Å². The number of anilines is 2. The van der Waals surface area contributed by atoms with Crippen LogP contribution in [-0.2, 0) is 15.6 Å². The second-order valence-corrected chi connectivity index (χ2v) is 6.35. The first kappa shape index (κ1) is 15.3. The van der Waals surface area contributed by atoms with Crippen molar-refractivity contribution in [1.82, 2.24) is 0 Å². The van der Waals surface area contributed by atoms with E-state index in [0.29, 0.717) is 16.3 Å². The van der Waals surface area contributed by atoms with Crippen molar-refractivity contribution in [3.63, 3.8) is 0 Å². The lowest BCUT2D eigenvalue weighted by molar-refractivity contribution is -0.113. The van der Waals surface area contributed by atoms with E-state index in [0.717, 1.165) is 11.1 Å². The number of amides is 1. The topological polar surface area (TPSA) is 72.2 Å². The van der Waals surface area contributed by atoms with E-state index in [1.54, 1.807) is 18.2 Å². The van der Waals surface area contributed by atoms with Crippen LogP contribution in [0.3, 0.4) is 0 Å². The first-order valence-corrected chi connectivity index (χ1v) is 7.88. The Labute approximate surface area is 126 Å². The molecule has 0 fully saturated rings. The minimum absolute atomic E-state index is 0.0707. The van der Waals surface area contributed by atoms with Crippen molar-refractivity contribution >= 4 is 28.1 Å². The van der Waals surface area contributed by atoms with Crippen LogP contribution in [-0.4, -0.2) is 15.9 Å². The average Bonchev–Trinajstić information content (AvgIpc) is 2.38. The van der Waals surface area contributed by atoms with Gasteiger partial charge in [0.25, 0.3) is 0 Å². The number of nitrogens with one attached hydrogen (secondary N) is 1. The van der Waals surface area contributed by atoms with Crippen LogP contribution in [0.25, 0.3) is 0 Å². The number of aryl methyl sites for hydroxylation is 2. The zero-order valence-electron chi connectivity index (χ0n) is 12.1. The quantitative estimate of drug-likeness (QED) is 0.853. The van der Waals surface area contributed by atoms with Gasteiger partial charge >= 0.3 is 0 Å². The van der Waals surface area contributed by atoms with Gasteiger partial charge in [-0.3, -0.25) is 9.00 Å². The Kier molecular flexibility index (Phi) is 4.75. The van der Waals surface area contributed by atoms with Crippen LogP contribution in [0.2, 0.25) is 0 Å². The summed E-state index contributed by atoms with van der Waals surface area (Å²) in [6.07, 6.45) is 0. The maximum atomic E-state index is 12.3. The summed E-state index contributed by atoms with van der Waals surface area (Å²) in [5, 5.41) is 2.76. The van der Waals surface area contributed by atoms with E-state index in [1.807, 2.05) is 38.1 Å². The molecule has 21 heavy (non-hydrogen) atoms. The van der Waals surface area contributed by atoms with Crippen LogP contribution in [0.15, 0.2) is 47.4 Å². The third-order valence-electron chi connectivity index (χ3n) is 3.01. The molecular formula is C16H18N2O2S. The largest absolute Gasteiger partial charge is 0.399 e. The molecule has 1 amide bonds. The molecule has 5 heteroatoms. The SMILES string of the molecule is Cc1cccc(NC(=O)CS(=O)c2ccc(N)cc2C)c1. The highest BCUT2D eigenvalue weighted by molar-refractivity contribution is 7.85. The van der Waals surface area contributed by atoms with E-state index < -0.39 is 10.8 Å². The normalized spacial score (nSPS) is 11.9. The number of carbonyl (C=O) groups is 1. The summed E-state index contributed by atoms with van der Waals surface area (Å²) in [6, 6.07) is 12.7. The molecule has 0 saturated carbocycles. The molecule has 0 aliphatic rings. The van der Waals surface area contributed by atoms with Crippen LogP contribution in [0.5, 0.6) is 0 Å². The number of nitrogen functional groups attached to an aromatic ring is 1. The van der Waals surface area contributed by atoms with E-state index in [-0.39, 0.29) is 11.7 Å². The standard InChI is InChI=1S/C16H18N2O2S/c1-11-4-3-5-14(8-11)18-16(19)10-21(20)15-7-6-13(17)9-12(15)2/h3-9H,10,17H2,1-2H3,(H,18,19). The van der Waals surface area contributed by atoms with Crippen LogP contribution < -0.4 is 11.1 Å². The molecule has 2 rings (SSSR count). The van der Waals surface area contributed by atoms with Gasteiger partial charge < -0.3 is 11.1 Å². The first-order valence-electron chi connectivity index (χ1n) is 6.57. The lowest BCUT2D eigenvalue weighted by Crippen LogP contribution is -2.20. The van der Waals surface area contributed by atoms with Gasteiger partial charge in [-0.05, 0) is 55.3 Å². The Balaban J connectivity index is 2.04. The van der Waals surface area contributed by atoms with Crippen molar-refractivity contribution in [3.05, 3.63) is 53.6 Å². The van der Waals surface area contributed by atoms with Crippen LogP contribution in [0, 0.1) is 13.8 Å².